The molecule has 9 nitrogen and oxygen atoms in total. The molecule has 0 radical (unpaired) electrons. The van der Waals surface area contributed by atoms with Gasteiger partial charge in [-0.05, 0) is 6.92 Å². The summed E-state index contributed by atoms with van der Waals surface area (Å²) in [7, 11) is -3.06. The number of nitrogens with zero attached hydrogens (tertiary/aromatic N) is 1. The molecule has 2 heterocycles. The highest BCUT2D eigenvalue weighted by Crippen LogP contribution is 2.40. The van der Waals surface area contributed by atoms with Crippen molar-refractivity contribution in [1.29, 1.82) is 0 Å². The Hall–Kier alpha value is -2.01. The fourth-order valence-electron chi connectivity index (χ4n) is 3.41. The molecule has 1 aliphatic heterocycles. The molecular weight excluding hydrogens is 338 g/mol. The number of ether oxygens (including phenoxy) is 1. The van der Waals surface area contributed by atoms with Gasteiger partial charge in [0.15, 0.2) is 0 Å². The monoisotopic (exact) mass is 355 g/mol. The first-order valence-electron chi connectivity index (χ1n) is 7.13. The van der Waals surface area contributed by atoms with Crippen LogP contribution in [-0.2, 0) is 27.2 Å². The van der Waals surface area contributed by atoms with Gasteiger partial charge in [-0.25, -0.2) is 0 Å². The summed E-state index contributed by atoms with van der Waals surface area (Å²) in [6.45, 7) is 1.62. The van der Waals surface area contributed by atoms with Crippen molar-refractivity contribution >= 4 is 21.7 Å². The lowest BCUT2D eigenvalue weighted by molar-refractivity contribution is 0.0894. The van der Waals surface area contributed by atoms with Crippen LogP contribution in [0.2, 0.25) is 0 Å². The first-order chi connectivity index (χ1) is 11.1. The zero-order chi connectivity index (χ0) is 18.0. The van der Waals surface area contributed by atoms with E-state index in [1.807, 2.05) is 0 Å². The van der Waals surface area contributed by atoms with Crippen LogP contribution in [0.4, 0.5) is 0 Å². The number of hydrogen-bond donors (Lipinski definition) is 3. The lowest BCUT2D eigenvalue weighted by atomic mass is 9.90. The molecule has 10 heteroatoms. The Morgan fingerprint density at radius 2 is 1.96 bits per heavy atom. The summed E-state index contributed by atoms with van der Waals surface area (Å²) in [5.41, 5.74) is 11.9. The maximum Gasteiger partial charge on any atom is 0.269 e. The van der Waals surface area contributed by atoms with Crippen molar-refractivity contribution in [1.82, 2.24) is 4.57 Å². The lowest BCUT2D eigenvalue weighted by Gasteiger charge is -2.18. The molecule has 0 amide bonds. The highest BCUT2D eigenvalue weighted by atomic mass is 32.2. The number of hydrogen-bond acceptors (Lipinski definition) is 7. The number of methoxy groups -OCH3 is 1. The molecule has 2 atom stereocenters. The van der Waals surface area contributed by atoms with Crippen LogP contribution < -0.4 is 11.5 Å². The third-order valence-electron chi connectivity index (χ3n) is 4.47. The predicted octanol–water partition coefficient (Wildman–Crippen LogP) is -0.484. The third kappa shape index (κ3) is 2.22. The van der Waals surface area contributed by atoms with Crippen LogP contribution in [0.15, 0.2) is 11.3 Å². The first kappa shape index (κ1) is 16.8. The fourth-order valence-corrected chi connectivity index (χ4v) is 4.07. The van der Waals surface area contributed by atoms with Gasteiger partial charge in [-0.15, -0.1) is 0 Å². The second kappa shape index (κ2) is 5.24. The van der Waals surface area contributed by atoms with E-state index in [0.717, 1.165) is 0 Å². The molecule has 5 N–H and O–H groups in total. The fraction of sp³-hybridized carbons (Fsp3) is 0.429. The maximum atomic E-state index is 12.6. The molecule has 0 saturated carbocycles. The number of ketones is 2. The van der Waals surface area contributed by atoms with Crippen LogP contribution >= 0.6 is 0 Å². The third-order valence-corrected chi connectivity index (χ3v) is 5.13. The lowest BCUT2D eigenvalue weighted by Crippen LogP contribution is -2.31. The molecule has 3 rings (SSSR count). The summed E-state index contributed by atoms with van der Waals surface area (Å²) in [6.07, 6.45) is -0.700. The Bertz CT molecular complexity index is 911. The van der Waals surface area contributed by atoms with Crippen molar-refractivity contribution in [3.8, 4) is 0 Å². The zero-order valence-electron chi connectivity index (χ0n) is 13.1. The molecule has 2 aliphatic rings. The van der Waals surface area contributed by atoms with Gasteiger partial charge in [0.05, 0.1) is 23.0 Å². The molecule has 1 aromatic rings. The van der Waals surface area contributed by atoms with Gasteiger partial charge in [-0.2, -0.15) is 8.42 Å². The molecule has 1 aliphatic carbocycles. The average molecular weight is 355 g/mol. The van der Waals surface area contributed by atoms with Gasteiger partial charge in [-0.3, -0.25) is 14.1 Å². The largest absolute Gasteiger partial charge is 0.395 e. The zero-order valence-corrected chi connectivity index (χ0v) is 13.9. The van der Waals surface area contributed by atoms with Crippen LogP contribution in [0.25, 0.3) is 0 Å². The van der Waals surface area contributed by atoms with Gasteiger partial charge in [0, 0.05) is 24.8 Å². The SMILES string of the molecule is CO[C@@H]1c2c(CS(=O)(=O)O)c3c(n2C[C@@H]1N)C(=O)C(C)=C(N)C3=O. The molecular formula is C14H17N3O6S. The number of carbonyl (C=O) groups is 2. The van der Waals surface area contributed by atoms with Gasteiger partial charge in [0.2, 0.25) is 11.6 Å². The first-order valence-corrected chi connectivity index (χ1v) is 8.74. The maximum absolute atomic E-state index is 12.6. The van der Waals surface area contributed by atoms with Crippen molar-refractivity contribution in [3.63, 3.8) is 0 Å². The van der Waals surface area contributed by atoms with Crippen LogP contribution in [0.5, 0.6) is 0 Å². The van der Waals surface area contributed by atoms with E-state index in [1.165, 1.54) is 18.6 Å². The number of carbonyl (C=O) groups excluding carboxylic acids is 2. The van der Waals surface area contributed by atoms with Gasteiger partial charge in [-0.1, -0.05) is 0 Å². The van der Waals surface area contributed by atoms with E-state index in [-0.39, 0.29) is 34.6 Å². The topological polar surface area (TPSA) is 155 Å². The van der Waals surface area contributed by atoms with E-state index < -0.39 is 39.6 Å². The smallest absolute Gasteiger partial charge is 0.269 e. The standard InChI is InChI=1S/C14H17N3O6S/c1-5-9(16)13(19)8-6(4-24(20,21)22)10-14(23-2)7(15)3-17(10)11(8)12(5)18/h7,14H,3-4,15-16H2,1-2H3,(H,20,21,22)/t7-,14-/m0/s1. The number of fused-ring (bicyclic) bond motifs is 3. The summed E-state index contributed by atoms with van der Waals surface area (Å²) >= 11 is 0. The second-order valence-electron chi connectivity index (χ2n) is 5.94. The van der Waals surface area contributed by atoms with E-state index in [9.17, 15) is 22.6 Å². The van der Waals surface area contributed by atoms with E-state index in [4.69, 9.17) is 16.2 Å². The molecule has 130 valence electrons. The Morgan fingerprint density at radius 3 is 2.50 bits per heavy atom. The molecule has 1 aromatic heterocycles. The van der Waals surface area contributed by atoms with Gasteiger partial charge < -0.3 is 20.8 Å². The Kier molecular flexibility index (Phi) is 3.68. The van der Waals surface area contributed by atoms with Gasteiger partial charge >= 0.3 is 0 Å². The minimum atomic E-state index is -4.45. The van der Waals surface area contributed by atoms with E-state index in [1.54, 1.807) is 0 Å². The Morgan fingerprint density at radius 1 is 1.33 bits per heavy atom. The van der Waals surface area contributed by atoms with Crippen LogP contribution in [-0.4, -0.2) is 42.3 Å². The average Bonchev–Trinajstić information content (AvgIpc) is 2.95. The molecule has 0 fully saturated rings. The number of aromatic nitrogens is 1. The van der Waals surface area contributed by atoms with Crippen LogP contribution in [0, 0.1) is 0 Å². The summed E-state index contributed by atoms with van der Waals surface area (Å²) in [5.74, 6) is -1.92. The van der Waals surface area contributed by atoms with Gasteiger partial charge in [0.25, 0.3) is 10.1 Å². The summed E-state index contributed by atoms with van der Waals surface area (Å²) in [6, 6.07) is -0.512. The molecule has 0 spiro atoms. The Balaban J connectivity index is 2.36. The van der Waals surface area contributed by atoms with E-state index >= 15 is 0 Å². The van der Waals surface area contributed by atoms with Crippen molar-refractivity contribution < 1.29 is 27.3 Å². The van der Waals surface area contributed by atoms with Gasteiger partial charge in [0.1, 0.15) is 17.6 Å². The minimum absolute atomic E-state index is 0.0149. The normalized spacial score (nSPS) is 23.7. The molecule has 0 bridgehead atoms. The Labute approximate surface area is 138 Å². The highest BCUT2D eigenvalue weighted by Gasteiger charge is 2.44. The van der Waals surface area contributed by atoms with Crippen molar-refractivity contribution in [3.05, 3.63) is 33.8 Å². The predicted molar refractivity (Wildman–Crippen MR) is 83.0 cm³/mol. The quantitative estimate of drug-likeness (QED) is 0.614. The van der Waals surface area contributed by atoms with E-state index in [2.05, 4.69) is 0 Å². The molecule has 0 saturated heterocycles. The second-order valence-corrected chi connectivity index (χ2v) is 7.39. The summed E-state index contributed by atoms with van der Waals surface area (Å²) in [4.78, 5) is 25.2. The highest BCUT2D eigenvalue weighted by molar-refractivity contribution is 7.85. The van der Waals surface area contributed by atoms with Crippen molar-refractivity contribution in [2.24, 2.45) is 11.5 Å². The van der Waals surface area contributed by atoms with Crippen LogP contribution in [0.1, 0.15) is 45.1 Å². The van der Waals surface area contributed by atoms with E-state index in [0.29, 0.717) is 5.69 Å². The molecule has 0 unspecified atom stereocenters. The minimum Gasteiger partial charge on any atom is -0.395 e. The van der Waals surface area contributed by atoms with Crippen LogP contribution in [0.3, 0.4) is 0 Å². The number of Topliss-reactive ketones (excluding diaryl/α,β-unsaturated/α-hetero) is 2. The summed E-state index contributed by atoms with van der Waals surface area (Å²) < 4.78 is 38.9. The number of nitrogens with two attached hydrogens (primary N) is 2. The van der Waals surface area contributed by atoms with Crippen molar-refractivity contribution in [2.45, 2.75) is 31.4 Å². The number of allylic oxidation sites excluding steroid dienone is 2. The number of rotatable bonds is 3. The molecule has 0 aromatic carbocycles. The summed E-state index contributed by atoms with van der Waals surface area (Å²) in [5, 5.41) is 0. The molecule has 24 heavy (non-hydrogen) atoms. The van der Waals surface area contributed by atoms with Crippen molar-refractivity contribution in [2.75, 3.05) is 7.11 Å².